The fraction of sp³-hybridized carbons (Fsp3) is 0.875. The zero-order valence-corrected chi connectivity index (χ0v) is 13.5. The van der Waals surface area contributed by atoms with Crippen LogP contribution in [0.15, 0.2) is 0 Å². The number of hydrogen-bond donors (Lipinski definition) is 0. The average Bonchev–Trinajstić information content (AvgIpc) is 2.53. The van der Waals surface area contributed by atoms with E-state index < -0.39 is 0 Å². The van der Waals surface area contributed by atoms with E-state index >= 15 is 0 Å². The minimum absolute atomic E-state index is 0.0457. The van der Waals surface area contributed by atoms with E-state index in [1.165, 1.54) is 32.1 Å². The largest absolute Gasteiger partial charge is 0.339 e. The lowest BCUT2D eigenvalue weighted by Crippen LogP contribution is -2.52. The van der Waals surface area contributed by atoms with Gasteiger partial charge in [-0.05, 0) is 12.3 Å². The van der Waals surface area contributed by atoms with Crippen LogP contribution in [0.5, 0.6) is 0 Å². The zero-order chi connectivity index (χ0) is 15.2. The third-order valence-electron chi connectivity index (χ3n) is 4.78. The zero-order valence-electron chi connectivity index (χ0n) is 13.5. The highest BCUT2D eigenvalue weighted by Crippen LogP contribution is 2.27. The van der Waals surface area contributed by atoms with Crippen molar-refractivity contribution in [3.05, 3.63) is 0 Å². The fourth-order valence-electron chi connectivity index (χ4n) is 3.39. The third-order valence-corrected chi connectivity index (χ3v) is 4.78. The molecule has 2 rings (SSSR count). The highest BCUT2D eigenvalue weighted by Gasteiger charge is 2.25. The molecule has 1 aliphatic heterocycles. The lowest BCUT2D eigenvalue weighted by molar-refractivity contribution is -0.133. The minimum atomic E-state index is 0.0457. The first-order valence-corrected chi connectivity index (χ1v) is 8.32. The first-order chi connectivity index (χ1) is 10.1. The van der Waals surface area contributed by atoms with Crippen molar-refractivity contribution in [1.29, 1.82) is 0 Å². The maximum atomic E-state index is 12.3. The smallest absolute Gasteiger partial charge is 0.319 e. The van der Waals surface area contributed by atoms with Gasteiger partial charge in [-0.2, -0.15) is 0 Å². The van der Waals surface area contributed by atoms with Gasteiger partial charge in [-0.1, -0.05) is 32.1 Å². The van der Waals surface area contributed by atoms with E-state index in [9.17, 15) is 9.59 Å². The second kappa shape index (κ2) is 7.66. The molecule has 1 heterocycles. The first kappa shape index (κ1) is 16.1. The topological polar surface area (TPSA) is 43.9 Å². The van der Waals surface area contributed by atoms with Crippen LogP contribution in [-0.4, -0.2) is 66.9 Å². The van der Waals surface area contributed by atoms with Crippen molar-refractivity contribution in [3.63, 3.8) is 0 Å². The molecule has 1 saturated carbocycles. The number of hydrogen-bond acceptors (Lipinski definition) is 2. The number of carbonyl (C=O) groups excluding carboxylic acids is 2. The van der Waals surface area contributed by atoms with Gasteiger partial charge in [0, 0.05) is 46.7 Å². The summed E-state index contributed by atoms with van der Waals surface area (Å²) < 4.78 is 0. The number of nitrogens with zero attached hydrogens (tertiary/aromatic N) is 3. The number of rotatable bonds is 3. The number of carbonyl (C=O) groups is 2. The molecule has 0 radical (unpaired) electrons. The molecule has 120 valence electrons. The summed E-state index contributed by atoms with van der Waals surface area (Å²) in [5, 5.41) is 0. The molecule has 0 bridgehead atoms. The normalized spacial score (nSPS) is 20.5. The van der Waals surface area contributed by atoms with E-state index in [1.54, 1.807) is 19.0 Å². The minimum Gasteiger partial charge on any atom is -0.339 e. The van der Waals surface area contributed by atoms with Crippen LogP contribution >= 0.6 is 0 Å². The Morgan fingerprint density at radius 2 is 1.52 bits per heavy atom. The Labute approximate surface area is 128 Å². The van der Waals surface area contributed by atoms with Gasteiger partial charge in [0.2, 0.25) is 5.91 Å². The molecule has 2 fully saturated rings. The third kappa shape index (κ3) is 4.61. The molecule has 0 spiro atoms. The van der Waals surface area contributed by atoms with Crippen LogP contribution in [0, 0.1) is 5.92 Å². The monoisotopic (exact) mass is 295 g/mol. The highest BCUT2D eigenvalue weighted by atomic mass is 16.2. The quantitative estimate of drug-likeness (QED) is 0.801. The van der Waals surface area contributed by atoms with E-state index in [4.69, 9.17) is 0 Å². The molecule has 2 aliphatic rings. The Balaban J connectivity index is 1.69. The van der Waals surface area contributed by atoms with Crippen molar-refractivity contribution in [3.8, 4) is 0 Å². The van der Waals surface area contributed by atoms with E-state index in [1.807, 2.05) is 9.80 Å². The summed E-state index contributed by atoms with van der Waals surface area (Å²) in [6, 6.07) is 0.0457. The van der Waals surface area contributed by atoms with Crippen LogP contribution in [0.2, 0.25) is 0 Å². The molecule has 1 saturated heterocycles. The average molecular weight is 295 g/mol. The Hall–Kier alpha value is -1.26. The molecule has 0 unspecified atom stereocenters. The van der Waals surface area contributed by atoms with Crippen molar-refractivity contribution < 1.29 is 9.59 Å². The van der Waals surface area contributed by atoms with Crippen LogP contribution < -0.4 is 0 Å². The molecule has 5 heteroatoms. The lowest BCUT2D eigenvalue weighted by Gasteiger charge is -2.36. The molecule has 0 aromatic heterocycles. The van der Waals surface area contributed by atoms with Gasteiger partial charge in [-0.25, -0.2) is 4.79 Å². The molecule has 0 aromatic carbocycles. The fourth-order valence-corrected chi connectivity index (χ4v) is 3.39. The summed E-state index contributed by atoms with van der Waals surface area (Å²) in [5.41, 5.74) is 0. The molecular weight excluding hydrogens is 266 g/mol. The summed E-state index contributed by atoms with van der Waals surface area (Å²) in [7, 11) is 3.54. The number of amides is 3. The van der Waals surface area contributed by atoms with Crippen molar-refractivity contribution in [2.75, 3.05) is 40.3 Å². The molecule has 0 N–H and O–H groups in total. The van der Waals surface area contributed by atoms with Crippen molar-refractivity contribution >= 4 is 11.9 Å². The maximum absolute atomic E-state index is 12.3. The second-order valence-corrected chi connectivity index (χ2v) is 6.59. The molecule has 0 aromatic rings. The predicted octanol–water partition coefficient (Wildman–Crippen LogP) is 2.17. The van der Waals surface area contributed by atoms with E-state index in [-0.39, 0.29) is 11.9 Å². The van der Waals surface area contributed by atoms with E-state index in [0.29, 0.717) is 32.6 Å². The van der Waals surface area contributed by atoms with Crippen molar-refractivity contribution in [1.82, 2.24) is 14.7 Å². The molecule has 1 aliphatic carbocycles. The van der Waals surface area contributed by atoms with Crippen LogP contribution in [0.1, 0.15) is 44.9 Å². The molecule has 5 nitrogen and oxygen atoms in total. The van der Waals surface area contributed by atoms with E-state index in [0.717, 1.165) is 12.3 Å². The van der Waals surface area contributed by atoms with Crippen molar-refractivity contribution in [2.24, 2.45) is 5.92 Å². The van der Waals surface area contributed by atoms with Gasteiger partial charge >= 0.3 is 6.03 Å². The standard InChI is InChI=1S/C16H29N3O2/c1-17(2)16(21)19-12-10-18(11-13-19)15(20)9-8-14-6-4-3-5-7-14/h14H,3-13H2,1-2H3. The van der Waals surface area contributed by atoms with Gasteiger partial charge in [0.05, 0.1) is 0 Å². The highest BCUT2D eigenvalue weighted by molar-refractivity contribution is 5.77. The van der Waals surface area contributed by atoms with Gasteiger partial charge < -0.3 is 14.7 Å². The van der Waals surface area contributed by atoms with Crippen LogP contribution in [0.3, 0.4) is 0 Å². The summed E-state index contributed by atoms with van der Waals surface area (Å²) >= 11 is 0. The summed E-state index contributed by atoms with van der Waals surface area (Å²) in [6.45, 7) is 2.69. The van der Waals surface area contributed by atoms with Gasteiger partial charge in [0.25, 0.3) is 0 Å². The van der Waals surface area contributed by atoms with Crippen LogP contribution in [0.25, 0.3) is 0 Å². The Kier molecular flexibility index (Phi) is 5.88. The second-order valence-electron chi connectivity index (χ2n) is 6.59. The Morgan fingerprint density at radius 1 is 0.952 bits per heavy atom. The summed E-state index contributed by atoms with van der Waals surface area (Å²) in [6.07, 6.45) is 8.39. The molecule has 0 atom stereocenters. The Bertz CT molecular complexity index is 357. The van der Waals surface area contributed by atoms with Crippen LogP contribution in [0.4, 0.5) is 4.79 Å². The first-order valence-electron chi connectivity index (χ1n) is 8.32. The molecule has 21 heavy (non-hydrogen) atoms. The predicted molar refractivity (Wildman–Crippen MR) is 83.0 cm³/mol. The van der Waals surface area contributed by atoms with Gasteiger partial charge in [-0.3, -0.25) is 4.79 Å². The van der Waals surface area contributed by atoms with Gasteiger partial charge in [0.15, 0.2) is 0 Å². The molecular formula is C16H29N3O2. The summed E-state index contributed by atoms with van der Waals surface area (Å²) in [4.78, 5) is 29.5. The van der Waals surface area contributed by atoms with Gasteiger partial charge in [0.1, 0.15) is 0 Å². The van der Waals surface area contributed by atoms with Gasteiger partial charge in [-0.15, -0.1) is 0 Å². The van der Waals surface area contributed by atoms with Crippen LogP contribution in [-0.2, 0) is 4.79 Å². The number of urea groups is 1. The Morgan fingerprint density at radius 3 is 2.10 bits per heavy atom. The lowest BCUT2D eigenvalue weighted by atomic mass is 9.86. The maximum Gasteiger partial charge on any atom is 0.319 e. The molecule has 3 amide bonds. The van der Waals surface area contributed by atoms with Crippen molar-refractivity contribution in [2.45, 2.75) is 44.9 Å². The van der Waals surface area contributed by atoms with E-state index in [2.05, 4.69) is 0 Å². The number of piperazine rings is 1. The SMILES string of the molecule is CN(C)C(=O)N1CCN(C(=O)CCC2CCCCC2)CC1. The summed E-state index contributed by atoms with van der Waals surface area (Å²) in [5.74, 6) is 1.04.